The molecule has 5 nitrogen and oxygen atoms in total. The molecule has 114 valence electrons. The smallest absolute Gasteiger partial charge is 0.254 e. The Morgan fingerprint density at radius 2 is 2.00 bits per heavy atom. The van der Waals surface area contributed by atoms with Crippen molar-refractivity contribution in [3.63, 3.8) is 0 Å². The number of hydrogen-bond donors (Lipinski definition) is 1. The van der Waals surface area contributed by atoms with Gasteiger partial charge in [-0.05, 0) is 17.7 Å². The van der Waals surface area contributed by atoms with Crippen LogP contribution in [0.3, 0.4) is 0 Å². The fraction of sp³-hybridized carbons (Fsp3) is 0.467. The lowest BCUT2D eigenvalue weighted by Gasteiger charge is -2.24. The summed E-state index contributed by atoms with van der Waals surface area (Å²) in [5, 5.41) is 4.01. The van der Waals surface area contributed by atoms with E-state index >= 15 is 0 Å². The number of nitrogens with zero attached hydrogens (tertiary/aromatic N) is 3. The third-order valence-electron chi connectivity index (χ3n) is 3.28. The van der Waals surface area contributed by atoms with Gasteiger partial charge < -0.3 is 4.90 Å². The molecule has 0 saturated carbocycles. The van der Waals surface area contributed by atoms with Crippen molar-refractivity contribution in [3.8, 4) is 0 Å². The predicted molar refractivity (Wildman–Crippen MR) is 90.3 cm³/mol. The largest absolute Gasteiger partial charge is 0.378 e. The monoisotopic (exact) mass is 306 g/mol. The van der Waals surface area contributed by atoms with Gasteiger partial charge >= 0.3 is 0 Å². The third-order valence-corrected chi connectivity index (χ3v) is 4.23. The van der Waals surface area contributed by atoms with Gasteiger partial charge in [0.15, 0.2) is 0 Å². The maximum Gasteiger partial charge on any atom is 0.254 e. The van der Waals surface area contributed by atoms with Crippen molar-refractivity contribution in [1.82, 2.24) is 10.3 Å². The van der Waals surface area contributed by atoms with E-state index in [2.05, 4.69) is 15.4 Å². The molecule has 1 aromatic rings. The average molecular weight is 306 g/mol. The van der Waals surface area contributed by atoms with Crippen molar-refractivity contribution >= 4 is 29.6 Å². The first-order valence-electron chi connectivity index (χ1n) is 7.04. The van der Waals surface area contributed by atoms with Crippen molar-refractivity contribution in [2.45, 2.75) is 0 Å². The van der Waals surface area contributed by atoms with Crippen molar-refractivity contribution in [2.75, 3.05) is 50.1 Å². The van der Waals surface area contributed by atoms with Gasteiger partial charge in [0.1, 0.15) is 0 Å². The van der Waals surface area contributed by atoms with Crippen molar-refractivity contribution < 1.29 is 4.79 Å². The molecule has 0 unspecified atom stereocenters. The number of rotatable bonds is 5. The van der Waals surface area contributed by atoms with Gasteiger partial charge in [0, 0.05) is 44.4 Å². The van der Waals surface area contributed by atoms with Gasteiger partial charge in [-0.2, -0.15) is 16.9 Å². The van der Waals surface area contributed by atoms with Crippen LogP contribution in [0.2, 0.25) is 0 Å². The molecule has 6 heteroatoms. The molecule has 1 N–H and O–H groups in total. The molecule has 0 aromatic heterocycles. The molecule has 0 spiro atoms. The fourth-order valence-corrected chi connectivity index (χ4v) is 3.01. The van der Waals surface area contributed by atoms with Gasteiger partial charge in [0.05, 0.1) is 12.8 Å². The number of carbonyl (C=O) groups excluding carboxylic acids is 1. The number of benzene rings is 1. The molecule has 1 aliphatic rings. The summed E-state index contributed by atoms with van der Waals surface area (Å²) in [5.41, 5.74) is 4.69. The van der Waals surface area contributed by atoms with Crippen LogP contribution in [0.5, 0.6) is 0 Å². The second-order valence-electron chi connectivity index (χ2n) is 5.17. The van der Waals surface area contributed by atoms with E-state index < -0.39 is 0 Å². The molecule has 0 radical (unpaired) electrons. The van der Waals surface area contributed by atoms with Gasteiger partial charge in [-0.15, -0.1) is 0 Å². The lowest BCUT2D eigenvalue weighted by atomic mass is 10.2. The minimum absolute atomic E-state index is 0.0527. The van der Waals surface area contributed by atoms with E-state index in [-0.39, 0.29) is 5.91 Å². The Kier molecular flexibility index (Phi) is 6.07. The molecule has 1 saturated heterocycles. The molecule has 1 aliphatic heterocycles. The lowest BCUT2D eigenvalue weighted by molar-refractivity contribution is -0.122. The first-order chi connectivity index (χ1) is 10.1. The summed E-state index contributed by atoms with van der Waals surface area (Å²) in [5.74, 6) is 2.16. The van der Waals surface area contributed by atoms with Crippen LogP contribution in [0.1, 0.15) is 5.56 Å². The highest BCUT2D eigenvalue weighted by Gasteiger charge is 2.13. The second-order valence-corrected chi connectivity index (χ2v) is 6.39. The quantitative estimate of drug-likeness (QED) is 0.657. The highest BCUT2D eigenvalue weighted by molar-refractivity contribution is 7.99. The normalized spacial score (nSPS) is 16.1. The number of anilines is 1. The van der Waals surface area contributed by atoms with Gasteiger partial charge in [-0.25, -0.2) is 5.43 Å². The highest BCUT2D eigenvalue weighted by atomic mass is 32.2. The summed E-state index contributed by atoms with van der Waals surface area (Å²) in [4.78, 5) is 16.0. The van der Waals surface area contributed by atoms with Crippen LogP contribution in [-0.4, -0.2) is 62.3 Å². The lowest BCUT2D eigenvalue weighted by Crippen LogP contribution is -2.40. The van der Waals surface area contributed by atoms with E-state index in [4.69, 9.17) is 0 Å². The van der Waals surface area contributed by atoms with E-state index in [0.717, 1.165) is 35.8 Å². The average Bonchev–Trinajstić information content (AvgIpc) is 2.49. The summed E-state index contributed by atoms with van der Waals surface area (Å²) in [6.45, 7) is 2.39. The first kappa shape index (κ1) is 15.9. The number of carbonyl (C=O) groups is 1. The maximum absolute atomic E-state index is 11.8. The Morgan fingerprint density at radius 3 is 2.62 bits per heavy atom. The Morgan fingerprint density at radius 1 is 1.33 bits per heavy atom. The Hall–Kier alpha value is -1.53. The van der Waals surface area contributed by atoms with Gasteiger partial charge in [-0.3, -0.25) is 9.69 Å². The Labute approximate surface area is 130 Å². The molecule has 1 amide bonds. The standard InChI is InChI=1S/C15H22N4OS/c1-18(2)14-5-3-13(4-6-14)11-16-17-15(20)12-19-7-9-21-10-8-19/h3-6,11H,7-10,12H2,1-2H3,(H,17,20). The highest BCUT2D eigenvalue weighted by Crippen LogP contribution is 2.11. The predicted octanol–water partition coefficient (Wildman–Crippen LogP) is 1.25. The van der Waals surface area contributed by atoms with Gasteiger partial charge in [-0.1, -0.05) is 12.1 Å². The van der Waals surface area contributed by atoms with E-state index in [1.807, 2.05) is 55.0 Å². The van der Waals surface area contributed by atoms with Gasteiger partial charge in [0.2, 0.25) is 0 Å². The summed E-state index contributed by atoms with van der Waals surface area (Å²) >= 11 is 1.94. The van der Waals surface area contributed by atoms with E-state index in [1.54, 1.807) is 6.21 Å². The van der Waals surface area contributed by atoms with Crippen molar-refractivity contribution in [1.29, 1.82) is 0 Å². The number of thioether (sulfide) groups is 1. The van der Waals surface area contributed by atoms with E-state index in [0.29, 0.717) is 6.54 Å². The zero-order chi connectivity index (χ0) is 15.1. The number of nitrogens with one attached hydrogen (secondary N) is 1. The number of hydrazone groups is 1. The van der Waals surface area contributed by atoms with Crippen LogP contribution in [0.4, 0.5) is 5.69 Å². The summed E-state index contributed by atoms with van der Waals surface area (Å²) in [6, 6.07) is 8.00. The van der Waals surface area contributed by atoms with Gasteiger partial charge in [0.25, 0.3) is 5.91 Å². The topological polar surface area (TPSA) is 47.9 Å². The molecule has 21 heavy (non-hydrogen) atoms. The molecule has 0 atom stereocenters. The molecule has 0 bridgehead atoms. The SMILES string of the molecule is CN(C)c1ccc(C=NNC(=O)CN2CCSCC2)cc1. The molecule has 2 rings (SSSR count). The maximum atomic E-state index is 11.8. The first-order valence-corrected chi connectivity index (χ1v) is 8.20. The van der Waals surface area contributed by atoms with Crippen LogP contribution in [-0.2, 0) is 4.79 Å². The molecule has 0 aliphatic carbocycles. The Bertz CT molecular complexity index is 481. The fourth-order valence-electron chi connectivity index (χ4n) is 2.04. The molecule has 1 fully saturated rings. The van der Waals surface area contributed by atoms with Crippen molar-refractivity contribution in [2.24, 2.45) is 5.10 Å². The van der Waals surface area contributed by atoms with Crippen LogP contribution < -0.4 is 10.3 Å². The van der Waals surface area contributed by atoms with Crippen LogP contribution in [0.25, 0.3) is 0 Å². The summed E-state index contributed by atoms with van der Waals surface area (Å²) < 4.78 is 0. The van der Waals surface area contributed by atoms with E-state index in [1.165, 1.54) is 0 Å². The van der Waals surface area contributed by atoms with Crippen molar-refractivity contribution in [3.05, 3.63) is 29.8 Å². The molecule has 1 aromatic carbocycles. The van der Waals surface area contributed by atoms with Crippen LogP contribution in [0.15, 0.2) is 29.4 Å². The third kappa shape index (κ3) is 5.40. The molecule has 1 heterocycles. The minimum atomic E-state index is -0.0527. The van der Waals surface area contributed by atoms with Crippen LogP contribution >= 0.6 is 11.8 Å². The van der Waals surface area contributed by atoms with E-state index in [9.17, 15) is 4.79 Å². The summed E-state index contributed by atoms with van der Waals surface area (Å²) in [7, 11) is 4.00. The zero-order valence-corrected chi connectivity index (χ0v) is 13.4. The second kappa shape index (κ2) is 8.05. The minimum Gasteiger partial charge on any atom is -0.378 e. The summed E-state index contributed by atoms with van der Waals surface area (Å²) in [6.07, 6.45) is 1.67. The molecular weight excluding hydrogens is 284 g/mol. The van der Waals surface area contributed by atoms with Crippen LogP contribution in [0, 0.1) is 0 Å². The number of hydrogen-bond acceptors (Lipinski definition) is 5. The zero-order valence-electron chi connectivity index (χ0n) is 12.6. The molecular formula is C15H22N4OS. The number of amides is 1. The Balaban J connectivity index is 1.77.